The zero-order valence-electron chi connectivity index (χ0n) is 16.3. The van der Waals surface area contributed by atoms with Crippen LogP contribution in [0.3, 0.4) is 0 Å². The minimum Gasteiger partial charge on any atom is -0.332 e. The van der Waals surface area contributed by atoms with Crippen molar-refractivity contribution in [2.24, 2.45) is 0 Å². The van der Waals surface area contributed by atoms with E-state index in [1.165, 1.54) is 5.56 Å². The quantitative estimate of drug-likeness (QED) is 0.685. The van der Waals surface area contributed by atoms with Crippen LogP contribution in [0.4, 0.5) is 11.4 Å². The smallest absolute Gasteiger partial charge is 0.243 e. The molecular formula is C21H27N3O2S2. The first-order chi connectivity index (χ1) is 13.4. The molecule has 1 saturated heterocycles. The second-order valence-corrected chi connectivity index (χ2v) is 9.69. The maximum atomic E-state index is 12.7. The van der Waals surface area contributed by atoms with Gasteiger partial charge in [0, 0.05) is 24.5 Å². The van der Waals surface area contributed by atoms with Crippen molar-refractivity contribution >= 4 is 38.7 Å². The Bertz CT molecular complexity index is 902. The normalized spacial score (nSPS) is 15.4. The van der Waals surface area contributed by atoms with E-state index in [4.69, 9.17) is 12.2 Å². The van der Waals surface area contributed by atoms with E-state index in [-0.39, 0.29) is 0 Å². The fourth-order valence-corrected chi connectivity index (χ4v) is 4.96. The third-order valence-electron chi connectivity index (χ3n) is 4.90. The number of rotatable bonds is 5. The van der Waals surface area contributed by atoms with Gasteiger partial charge in [0.2, 0.25) is 10.0 Å². The molecule has 5 nitrogen and oxygen atoms in total. The van der Waals surface area contributed by atoms with E-state index in [0.29, 0.717) is 29.0 Å². The summed E-state index contributed by atoms with van der Waals surface area (Å²) in [5.74, 6) is 0.485. The minimum atomic E-state index is -3.41. The van der Waals surface area contributed by atoms with Gasteiger partial charge in [-0.3, -0.25) is 0 Å². The maximum Gasteiger partial charge on any atom is 0.243 e. The molecule has 3 rings (SSSR count). The van der Waals surface area contributed by atoms with E-state index in [2.05, 4.69) is 36.6 Å². The molecule has 0 aliphatic carbocycles. The number of nitrogens with zero attached hydrogens (tertiary/aromatic N) is 1. The number of hydrogen-bond donors (Lipinski definition) is 2. The van der Waals surface area contributed by atoms with Crippen LogP contribution < -0.4 is 10.6 Å². The molecule has 0 unspecified atom stereocenters. The van der Waals surface area contributed by atoms with Crippen LogP contribution in [-0.4, -0.2) is 30.9 Å². The molecule has 1 heterocycles. The van der Waals surface area contributed by atoms with Crippen molar-refractivity contribution in [1.82, 2.24) is 4.31 Å². The molecule has 28 heavy (non-hydrogen) atoms. The Morgan fingerprint density at radius 2 is 1.39 bits per heavy atom. The fourth-order valence-electron chi connectivity index (χ4n) is 3.21. The minimum absolute atomic E-state index is 0.322. The molecular weight excluding hydrogens is 390 g/mol. The average Bonchev–Trinajstić information content (AvgIpc) is 2.69. The number of sulfonamides is 1. The molecule has 7 heteroatoms. The topological polar surface area (TPSA) is 61.4 Å². The second kappa shape index (κ2) is 9.03. The first-order valence-electron chi connectivity index (χ1n) is 9.64. The number of hydrogen-bond acceptors (Lipinski definition) is 3. The van der Waals surface area contributed by atoms with Gasteiger partial charge in [0.15, 0.2) is 5.11 Å². The third kappa shape index (κ3) is 5.10. The SMILES string of the molecule is CC(C)c1ccc(NC(=S)Nc2ccc(S(=O)(=O)N3CCCCC3)cc2)cc1. The number of anilines is 2. The van der Waals surface area contributed by atoms with E-state index >= 15 is 0 Å². The maximum absolute atomic E-state index is 12.7. The van der Waals surface area contributed by atoms with Gasteiger partial charge in [-0.1, -0.05) is 32.4 Å². The lowest BCUT2D eigenvalue weighted by Crippen LogP contribution is -2.35. The Kier molecular flexibility index (Phi) is 6.69. The molecule has 0 spiro atoms. The van der Waals surface area contributed by atoms with Gasteiger partial charge in [0.25, 0.3) is 0 Å². The van der Waals surface area contributed by atoms with Gasteiger partial charge in [-0.2, -0.15) is 4.31 Å². The number of thiocarbonyl (C=S) groups is 1. The molecule has 0 saturated carbocycles. The fraction of sp³-hybridized carbons (Fsp3) is 0.381. The van der Waals surface area contributed by atoms with Gasteiger partial charge in [-0.05, 0) is 72.9 Å². The van der Waals surface area contributed by atoms with Crippen LogP contribution in [0.5, 0.6) is 0 Å². The van der Waals surface area contributed by atoms with Crippen LogP contribution in [0.1, 0.15) is 44.6 Å². The Hall–Kier alpha value is -1.96. The lowest BCUT2D eigenvalue weighted by atomic mass is 10.0. The van der Waals surface area contributed by atoms with Crippen LogP contribution in [0, 0.1) is 0 Å². The van der Waals surface area contributed by atoms with Crippen molar-refractivity contribution in [3.8, 4) is 0 Å². The summed E-state index contributed by atoms with van der Waals surface area (Å²) in [4.78, 5) is 0.322. The Morgan fingerprint density at radius 3 is 1.89 bits per heavy atom. The highest BCUT2D eigenvalue weighted by Gasteiger charge is 2.25. The summed E-state index contributed by atoms with van der Waals surface area (Å²) in [6.45, 7) is 5.52. The molecule has 0 amide bonds. The highest BCUT2D eigenvalue weighted by Crippen LogP contribution is 2.22. The summed E-state index contributed by atoms with van der Waals surface area (Å²) in [6.07, 6.45) is 2.95. The molecule has 2 N–H and O–H groups in total. The number of piperidine rings is 1. The predicted molar refractivity (Wildman–Crippen MR) is 119 cm³/mol. The molecule has 1 fully saturated rings. The van der Waals surface area contributed by atoms with E-state index in [9.17, 15) is 8.42 Å². The van der Waals surface area contributed by atoms with Crippen molar-refractivity contribution in [2.75, 3.05) is 23.7 Å². The van der Waals surface area contributed by atoms with Crippen LogP contribution in [0.15, 0.2) is 53.4 Å². The highest BCUT2D eigenvalue weighted by atomic mass is 32.2. The van der Waals surface area contributed by atoms with E-state index in [0.717, 1.165) is 30.6 Å². The molecule has 0 radical (unpaired) electrons. The summed E-state index contributed by atoms with van der Waals surface area (Å²) in [6, 6.07) is 14.9. The Morgan fingerprint density at radius 1 is 0.893 bits per heavy atom. The van der Waals surface area contributed by atoms with Gasteiger partial charge in [-0.25, -0.2) is 8.42 Å². The molecule has 1 aliphatic rings. The van der Waals surface area contributed by atoms with Gasteiger partial charge in [-0.15, -0.1) is 0 Å². The monoisotopic (exact) mass is 417 g/mol. The summed E-state index contributed by atoms with van der Waals surface area (Å²) >= 11 is 5.36. The molecule has 1 aliphatic heterocycles. The summed E-state index contributed by atoms with van der Waals surface area (Å²) < 4.78 is 27.0. The molecule has 0 bridgehead atoms. The first kappa shape index (κ1) is 20.8. The van der Waals surface area contributed by atoms with Gasteiger partial charge in [0.1, 0.15) is 0 Å². The highest BCUT2D eigenvalue weighted by molar-refractivity contribution is 7.89. The molecule has 0 aromatic heterocycles. The lowest BCUT2D eigenvalue weighted by molar-refractivity contribution is 0.346. The zero-order chi connectivity index (χ0) is 20.1. The summed E-state index contributed by atoms with van der Waals surface area (Å²) in [5, 5.41) is 6.71. The van der Waals surface area contributed by atoms with Crippen molar-refractivity contribution in [3.63, 3.8) is 0 Å². The largest absolute Gasteiger partial charge is 0.332 e. The van der Waals surface area contributed by atoms with Crippen LogP contribution >= 0.6 is 12.2 Å². The average molecular weight is 418 g/mol. The predicted octanol–water partition coefficient (Wildman–Crippen LogP) is 4.79. The second-order valence-electron chi connectivity index (χ2n) is 7.34. The Balaban J connectivity index is 1.61. The number of nitrogens with one attached hydrogen (secondary N) is 2. The lowest BCUT2D eigenvalue weighted by Gasteiger charge is -2.25. The van der Waals surface area contributed by atoms with E-state index < -0.39 is 10.0 Å². The summed E-state index contributed by atoms with van der Waals surface area (Å²) in [7, 11) is -3.41. The van der Waals surface area contributed by atoms with Crippen molar-refractivity contribution in [2.45, 2.75) is 43.9 Å². The van der Waals surface area contributed by atoms with Crippen LogP contribution in [0.2, 0.25) is 0 Å². The third-order valence-corrected chi connectivity index (χ3v) is 7.02. The van der Waals surface area contributed by atoms with Crippen molar-refractivity contribution in [1.29, 1.82) is 0 Å². The molecule has 2 aromatic carbocycles. The Labute approximate surface area is 173 Å². The standard InChI is InChI=1S/C21H27N3O2S2/c1-16(2)17-6-8-18(9-7-17)22-21(27)23-19-10-12-20(13-11-19)28(25,26)24-14-4-3-5-15-24/h6-13,16H,3-5,14-15H2,1-2H3,(H2,22,23,27). The van der Waals surface area contributed by atoms with Crippen LogP contribution in [0.25, 0.3) is 0 Å². The molecule has 0 atom stereocenters. The first-order valence-corrected chi connectivity index (χ1v) is 11.5. The van der Waals surface area contributed by atoms with Crippen molar-refractivity contribution in [3.05, 3.63) is 54.1 Å². The zero-order valence-corrected chi connectivity index (χ0v) is 17.9. The molecule has 150 valence electrons. The molecule has 2 aromatic rings. The summed E-state index contributed by atoms with van der Waals surface area (Å²) in [5.41, 5.74) is 2.93. The van der Waals surface area contributed by atoms with Crippen molar-refractivity contribution < 1.29 is 8.42 Å². The van der Waals surface area contributed by atoms with Gasteiger partial charge < -0.3 is 10.6 Å². The van der Waals surface area contributed by atoms with Gasteiger partial charge in [0.05, 0.1) is 4.90 Å². The van der Waals surface area contributed by atoms with Gasteiger partial charge >= 0.3 is 0 Å². The van der Waals surface area contributed by atoms with E-state index in [1.54, 1.807) is 28.6 Å². The van der Waals surface area contributed by atoms with Crippen LogP contribution in [-0.2, 0) is 10.0 Å². The van der Waals surface area contributed by atoms with E-state index in [1.807, 2.05) is 12.1 Å². The number of benzene rings is 2.